The lowest BCUT2D eigenvalue weighted by Crippen LogP contribution is -2.35. The Labute approximate surface area is 200 Å². The number of anilines is 1. The van der Waals surface area contributed by atoms with Crippen LogP contribution in [0.5, 0.6) is 17.2 Å². The standard InChI is InChI=1S/C23H23ClN2O8/c1-31-17-8-6-15(24)11-16(17)25-20(27)12-33-18-7-5-14(10-19(18)32-2)23(30)34-13-22(29)26-9-3-4-21(26)28/h5-8,10-11H,3-4,9,12-13H2,1-2H3,(H,25,27). The van der Waals surface area contributed by atoms with E-state index in [0.717, 1.165) is 4.90 Å². The number of amides is 3. The molecule has 1 aliphatic rings. The molecule has 34 heavy (non-hydrogen) atoms. The molecule has 0 aromatic heterocycles. The van der Waals surface area contributed by atoms with E-state index in [-0.39, 0.29) is 29.6 Å². The molecule has 0 aliphatic carbocycles. The average Bonchev–Trinajstić information content (AvgIpc) is 3.27. The van der Waals surface area contributed by atoms with Crippen molar-refractivity contribution in [1.29, 1.82) is 0 Å². The molecule has 10 nitrogen and oxygen atoms in total. The van der Waals surface area contributed by atoms with Gasteiger partial charge in [0.1, 0.15) is 5.75 Å². The zero-order chi connectivity index (χ0) is 24.7. The van der Waals surface area contributed by atoms with Crippen molar-refractivity contribution in [3.8, 4) is 17.2 Å². The van der Waals surface area contributed by atoms with Crippen molar-refractivity contribution in [2.75, 3.05) is 39.3 Å². The van der Waals surface area contributed by atoms with E-state index in [0.29, 0.717) is 35.8 Å². The topological polar surface area (TPSA) is 120 Å². The van der Waals surface area contributed by atoms with Gasteiger partial charge in [-0.15, -0.1) is 0 Å². The lowest BCUT2D eigenvalue weighted by Gasteiger charge is -2.14. The van der Waals surface area contributed by atoms with Crippen LogP contribution >= 0.6 is 11.6 Å². The van der Waals surface area contributed by atoms with Gasteiger partial charge in [0.15, 0.2) is 24.7 Å². The summed E-state index contributed by atoms with van der Waals surface area (Å²) in [5.41, 5.74) is 0.497. The number of benzene rings is 2. The summed E-state index contributed by atoms with van der Waals surface area (Å²) >= 11 is 5.96. The Hall–Kier alpha value is -3.79. The van der Waals surface area contributed by atoms with Gasteiger partial charge in [-0.05, 0) is 42.8 Å². The lowest BCUT2D eigenvalue weighted by molar-refractivity contribution is -0.143. The first-order chi connectivity index (χ1) is 16.3. The molecule has 1 N–H and O–H groups in total. The van der Waals surface area contributed by atoms with Gasteiger partial charge < -0.3 is 24.3 Å². The maximum Gasteiger partial charge on any atom is 0.338 e. The van der Waals surface area contributed by atoms with Crippen LogP contribution in [-0.4, -0.2) is 62.6 Å². The summed E-state index contributed by atoms with van der Waals surface area (Å²) in [7, 11) is 2.84. The number of likely N-dealkylation sites (tertiary alicyclic amines) is 1. The second-order valence-corrected chi connectivity index (χ2v) is 7.60. The fraction of sp³-hybridized carbons (Fsp3) is 0.304. The van der Waals surface area contributed by atoms with Gasteiger partial charge in [-0.25, -0.2) is 4.79 Å². The third-order valence-electron chi connectivity index (χ3n) is 4.89. The molecule has 0 radical (unpaired) electrons. The zero-order valence-corrected chi connectivity index (χ0v) is 19.3. The number of esters is 1. The predicted molar refractivity (Wildman–Crippen MR) is 121 cm³/mol. The fourth-order valence-electron chi connectivity index (χ4n) is 3.22. The van der Waals surface area contributed by atoms with Gasteiger partial charge in [0.05, 0.1) is 25.5 Å². The molecule has 1 heterocycles. The first-order valence-electron chi connectivity index (χ1n) is 10.3. The van der Waals surface area contributed by atoms with E-state index in [2.05, 4.69) is 5.32 Å². The van der Waals surface area contributed by atoms with E-state index < -0.39 is 24.4 Å². The number of imide groups is 1. The van der Waals surface area contributed by atoms with Crippen molar-refractivity contribution in [3.63, 3.8) is 0 Å². The molecule has 1 saturated heterocycles. The van der Waals surface area contributed by atoms with Gasteiger partial charge in [0.2, 0.25) is 5.91 Å². The van der Waals surface area contributed by atoms with E-state index in [4.69, 9.17) is 30.5 Å². The number of halogens is 1. The molecule has 2 aromatic rings. The molecule has 3 rings (SSSR count). The Morgan fingerprint density at radius 2 is 1.74 bits per heavy atom. The Balaban J connectivity index is 1.57. The minimum atomic E-state index is -0.768. The van der Waals surface area contributed by atoms with E-state index in [1.807, 2.05) is 0 Å². The predicted octanol–water partition coefficient (Wildman–Crippen LogP) is 2.68. The van der Waals surface area contributed by atoms with Crippen LogP contribution in [0.15, 0.2) is 36.4 Å². The van der Waals surface area contributed by atoms with Gasteiger partial charge in [-0.1, -0.05) is 11.6 Å². The third kappa shape index (κ3) is 6.16. The molecule has 2 aromatic carbocycles. The Morgan fingerprint density at radius 1 is 1.00 bits per heavy atom. The highest BCUT2D eigenvalue weighted by Gasteiger charge is 2.27. The van der Waals surface area contributed by atoms with E-state index in [1.165, 1.54) is 32.4 Å². The number of rotatable bonds is 9. The van der Waals surface area contributed by atoms with Crippen LogP contribution in [-0.2, 0) is 19.1 Å². The molecule has 3 amide bonds. The van der Waals surface area contributed by atoms with Gasteiger partial charge in [0, 0.05) is 18.0 Å². The van der Waals surface area contributed by atoms with Crippen molar-refractivity contribution in [3.05, 3.63) is 47.0 Å². The normalized spacial score (nSPS) is 12.8. The number of ether oxygens (including phenoxy) is 4. The van der Waals surface area contributed by atoms with Crippen LogP contribution in [0.1, 0.15) is 23.2 Å². The van der Waals surface area contributed by atoms with E-state index in [1.54, 1.807) is 18.2 Å². The zero-order valence-electron chi connectivity index (χ0n) is 18.6. The average molecular weight is 491 g/mol. The van der Waals surface area contributed by atoms with Crippen LogP contribution in [0.4, 0.5) is 5.69 Å². The number of nitrogens with zero attached hydrogens (tertiary/aromatic N) is 1. The van der Waals surface area contributed by atoms with Crippen LogP contribution in [0.2, 0.25) is 5.02 Å². The maximum absolute atomic E-state index is 12.3. The molecular weight excluding hydrogens is 468 g/mol. The van der Waals surface area contributed by atoms with E-state index >= 15 is 0 Å². The number of nitrogens with one attached hydrogen (secondary N) is 1. The first kappa shape index (κ1) is 24.8. The van der Waals surface area contributed by atoms with Crippen molar-refractivity contribution in [1.82, 2.24) is 4.90 Å². The fourth-order valence-corrected chi connectivity index (χ4v) is 3.39. The molecule has 0 bridgehead atoms. The number of hydrogen-bond donors (Lipinski definition) is 1. The minimum Gasteiger partial charge on any atom is -0.495 e. The SMILES string of the molecule is COc1ccc(Cl)cc1NC(=O)COc1ccc(C(=O)OCC(=O)N2CCCC2=O)cc1OC. The van der Waals surface area contributed by atoms with Gasteiger partial charge in [0.25, 0.3) is 11.8 Å². The Morgan fingerprint density at radius 3 is 2.41 bits per heavy atom. The monoisotopic (exact) mass is 490 g/mol. The highest BCUT2D eigenvalue weighted by molar-refractivity contribution is 6.31. The summed E-state index contributed by atoms with van der Waals surface area (Å²) in [5.74, 6) is -1.25. The smallest absolute Gasteiger partial charge is 0.338 e. The molecule has 0 atom stereocenters. The second kappa shape index (κ2) is 11.4. The number of carbonyl (C=O) groups is 4. The highest BCUT2D eigenvalue weighted by Crippen LogP contribution is 2.30. The van der Waals surface area contributed by atoms with Crippen LogP contribution in [0.25, 0.3) is 0 Å². The minimum absolute atomic E-state index is 0.109. The lowest BCUT2D eigenvalue weighted by atomic mass is 10.2. The number of methoxy groups -OCH3 is 2. The van der Waals surface area contributed by atoms with Crippen molar-refractivity contribution in [2.45, 2.75) is 12.8 Å². The van der Waals surface area contributed by atoms with Crippen molar-refractivity contribution >= 4 is 41.0 Å². The van der Waals surface area contributed by atoms with Gasteiger partial charge in [-0.2, -0.15) is 0 Å². The molecule has 11 heteroatoms. The highest BCUT2D eigenvalue weighted by atomic mass is 35.5. The summed E-state index contributed by atoms with van der Waals surface area (Å²) < 4.78 is 21.0. The largest absolute Gasteiger partial charge is 0.495 e. The van der Waals surface area contributed by atoms with Gasteiger partial charge >= 0.3 is 5.97 Å². The summed E-state index contributed by atoms with van der Waals surface area (Å²) in [6.07, 6.45) is 0.908. The van der Waals surface area contributed by atoms with Crippen LogP contribution in [0, 0.1) is 0 Å². The first-order valence-corrected chi connectivity index (χ1v) is 10.6. The summed E-state index contributed by atoms with van der Waals surface area (Å²) in [6.45, 7) is -0.570. The molecule has 0 unspecified atom stereocenters. The molecule has 1 aliphatic heterocycles. The summed E-state index contributed by atoms with van der Waals surface area (Å²) in [6, 6.07) is 9.00. The molecule has 0 saturated carbocycles. The quantitative estimate of drug-likeness (QED) is 0.533. The van der Waals surface area contributed by atoms with Gasteiger partial charge in [-0.3, -0.25) is 19.3 Å². The summed E-state index contributed by atoms with van der Waals surface area (Å²) in [5, 5.41) is 3.07. The number of carbonyl (C=O) groups excluding carboxylic acids is 4. The molecule has 1 fully saturated rings. The maximum atomic E-state index is 12.3. The third-order valence-corrected chi connectivity index (χ3v) is 5.13. The molecule has 180 valence electrons. The van der Waals surface area contributed by atoms with Crippen molar-refractivity contribution in [2.24, 2.45) is 0 Å². The molecule has 0 spiro atoms. The Bertz CT molecular complexity index is 1100. The second-order valence-electron chi connectivity index (χ2n) is 7.17. The van der Waals surface area contributed by atoms with Crippen LogP contribution < -0.4 is 19.5 Å². The molecular formula is C23H23ClN2O8. The van der Waals surface area contributed by atoms with E-state index in [9.17, 15) is 19.2 Å². The number of hydrogen-bond acceptors (Lipinski definition) is 8. The van der Waals surface area contributed by atoms with Crippen molar-refractivity contribution < 1.29 is 38.1 Å². The summed E-state index contributed by atoms with van der Waals surface area (Å²) in [4.78, 5) is 49.4. The Kier molecular flexibility index (Phi) is 8.31. The van der Waals surface area contributed by atoms with Crippen LogP contribution in [0.3, 0.4) is 0 Å².